The largest absolute Gasteiger partial charge is 0.497 e. The lowest BCUT2D eigenvalue weighted by Crippen LogP contribution is -2.16. The van der Waals surface area contributed by atoms with E-state index in [9.17, 15) is 13.2 Å². The van der Waals surface area contributed by atoms with Crippen LogP contribution < -0.4 is 14.8 Å². The number of benzene rings is 3. The molecule has 0 saturated carbocycles. The number of para-hydroxylation sites is 1. The van der Waals surface area contributed by atoms with E-state index in [0.29, 0.717) is 22.1 Å². The number of nitrogens with one attached hydrogen (secondary N) is 2. The van der Waals surface area contributed by atoms with Crippen molar-refractivity contribution in [3.05, 3.63) is 83.4 Å². The molecule has 3 aromatic carbocycles. The maximum absolute atomic E-state index is 12.6. The number of anilines is 2. The Morgan fingerprint density at radius 1 is 0.964 bits per heavy atom. The van der Waals surface area contributed by atoms with Crippen LogP contribution in [0.15, 0.2) is 77.7 Å². The van der Waals surface area contributed by atoms with Gasteiger partial charge in [-0.3, -0.25) is 9.52 Å². The molecule has 0 heterocycles. The third kappa shape index (κ3) is 4.62. The minimum absolute atomic E-state index is 0.0323. The number of halogens is 1. The molecule has 0 aliphatic heterocycles. The molecule has 0 fully saturated rings. The molecule has 0 aliphatic carbocycles. The third-order valence-corrected chi connectivity index (χ3v) is 5.58. The van der Waals surface area contributed by atoms with E-state index in [2.05, 4.69) is 10.0 Å². The Kier molecular flexibility index (Phi) is 5.87. The van der Waals surface area contributed by atoms with Gasteiger partial charge < -0.3 is 10.1 Å². The van der Waals surface area contributed by atoms with Crippen molar-refractivity contribution < 1.29 is 17.9 Å². The smallest absolute Gasteiger partial charge is 0.261 e. The first-order valence-corrected chi connectivity index (χ1v) is 10.1. The molecule has 0 aliphatic rings. The number of amides is 1. The minimum atomic E-state index is -3.87. The Balaban J connectivity index is 1.81. The van der Waals surface area contributed by atoms with Gasteiger partial charge in [-0.15, -0.1) is 0 Å². The predicted molar refractivity (Wildman–Crippen MR) is 110 cm³/mol. The number of ether oxygens (including phenoxy) is 1. The molecule has 1 amide bonds. The van der Waals surface area contributed by atoms with Crippen molar-refractivity contribution in [3.8, 4) is 5.75 Å². The lowest BCUT2D eigenvalue weighted by molar-refractivity contribution is 0.102. The molecule has 0 atom stereocenters. The highest BCUT2D eigenvalue weighted by atomic mass is 35.5. The molecule has 8 heteroatoms. The lowest BCUT2D eigenvalue weighted by Gasteiger charge is -2.11. The van der Waals surface area contributed by atoms with E-state index in [1.165, 1.54) is 31.4 Å². The van der Waals surface area contributed by atoms with Crippen molar-refractivity contribution in [2.24, 2.45) is 0 Å². The van der Waals surface area contributed by atoms with E-state index in [4.69, 9.17) is 16.3 Å². The highest BCUT2D eigenvalue weighted by Crippen LogP contribution is 2.23. The van der Waals surface area contributed by atoms with Gasteiger partial charge in [0.2, 0.25) is 0 Å². The van der Waals surface area contributed by atoms with Gasteiger partial charge in [-0.25, -0.2) is 8.42 Å². The van der Waals surface area contributed by atoms with Crippen molar-refractivity contribution in [3.63, 3.8) is 0 Å². The van der Waals surface area contributed by atoms with Gasteiger partial charge in [0.1, 0.15) is 5.75 Å². The first-order valence-electron chi connectivity index (χ1n) is 8.22. The number of carbonyl (C=O) groups is 1. The molecule has 6 nitrogen and oxygen atoms in total. The summed E-state index contributed by atoms with van der Waals surface area (Å²) >= 11 is 6.04. The fourth-order valence-corrected chi connectivity index (χ4v) is 3.72. The number of hydrogen-bond acceptors (Lipinski definition) is 4. The molecule has 0 unspecified atom stereocenters. The van der Waals surface area contributed by atoms with Crippen LogP contribution in [0.4, 0.5) is 11.4 Å². The van der Waals surface area contributed by atoms with Gasteiger partial charge in [-0.1, -0.05) is 29.8 Å². The van der Waals surface area contributed by atoms with Crippen LogP contribution in [0.2, 0.25) is 5.02 Å². The molecular weight excluding hydrogens is 400 g/mol. The molecule has 0 saturated heterocycles. The second-order valence-electron chi connectivity index (χ2n) is 5.80. The van der Waals surface area contributed by atoms with Gasteiger partial charge in [0, 0.05) is 11.3 Å². The van der Waals surface area contributed by atoms with Crippen molar-refractivity contribution in [1.82, 2.24) is 0 Å². The van der Waals surface area contributed by atoms with E-state index >= 15 is 0 Å². The zero-order chi connectivity index (χ0) is 20.1. The molecule has 0 bridgehead atoms. The van der Waals surface area contributed by atoms with E-state index in [0.717, 1.165) is 0 Å². The van der Waals surface area contributed by atoms with Crippen LogP contribution in [-0.4, -0.2) is 21.4 Å². The highest BCUT2D eigenvalue weighted by molar-refractivity contribution is 7.92. The lowest BCUT2D eigenvalue weighted by atomic mass is 10.2. The molecule has 3 rings (SSSR count). The number of carbonyl (C=O) groups excluding carboxylic acids is 1. The van der Waals surface area contributed by atoms with Crippen LogP contribution in [0.1, 0.15) is 10.4 Å². The number of rotatable bonds is 6. The van der Waals surface area contributed by atoms with Crippen LogP contribution in [0.5, 0.6) is 5.75 Å². The predicted octanol–water partition coefficient (Wildman–Crippen LogP) is 4.40. The Bertz CT molecular complexity index is 1100. The summed E-state index contributed by atoms with van der Waals surface area (Å²) in [5, 5.41) is 3.06. The van der Waals surface area contributed by atoms with E-state index in [-0.39, 0.29) is 10.5 Å². The molecule has 144 valence electrons. The fourth-order valence-electron chi connectivity index (χ4n) is 2.43. The quantitative estimate of drug-likeness (QED) is 0.623. The molecule has 28 heavy (non-hydrogen) atoms. The van der Waals surface area contributed by atoms with Gasteiger partial charge in [0.05, 0.1) is 22.7 Å². The summed E-state index contributed by atoms with van der Waals surface area (Å²) in [6, 6.07) is 19.0. The fraction of sp³-hybridized carbons (Fsp3) is 0.0500. The maximum Gasteiger partial charge on any atom is 0.261 e. The first kappa shape index (κ1) is 19.7. The van der Waals surface area contributed by atoms with Crippen molar-refractivity contribution in [2.45, 2.75) is 4.90 Å². The molecule has 0 spiro atoms. The SMILES string of the molecule is COc1ccc(NS(=O)(=O)c2cccc(C(=O)Nc3ccccc3Cl)c2)cc1. The summed E-state index contributed by atoms with van der Waals surface area (Å²) in [5.41, 5.74) is 1.02. The van der Waals surface area contributed by atoms with Gasteiger partial charge in [0.15, 0.2) is 0 Å². The van der Waals surface area contributed by atoms with Crippen LogP contribution in [0.3, 0.4) is 0 Å². The zero-order valence-corrected chi connectivity index (χ0v) is 16.4. The Morgan fingerprint density at radius 3 is 2.36 bits per heavy atom. The van der Waals surface area contributed by atoms with E-state index in [1.807, 2.05) is 0 Å². The van der Waals surface area contributed by atoms with E-state index in [1.54, 1.807) is 48.5 Å². The highest BCUT2D eigenvalue weighted by Gasteiger charge is 2.17. The normalized spacial score (nSPS) is 10.9. The standard InChI is InChI=1S/C20H17ClN2O4S/c1-27-16-11-9-15(10-12-16)23-28(25,26)17-6-4-5-14(13-17)20(24)22-19-8-3-2-7-18(19)21/h2-13,23H,1H3,(H,22,24). The summed E-state index contributed by atoms with van der Waals surface area (Å²) < 4.78 is 32.8. The minimum Gasteiger partial charge on any atom is -0.497 e. The van der Waals surface area contributed by atoms with Crippen molar-refractivity contribution in [2.75, 3.05) is 17.1 Å². The van der Waals surface area contributed by atoms with Crippen LogP contribution in [-0.2, 0) is 10.0 Å². The van der Waals surface area contributed by atoms with E-state index < -0.39 is 15.9 Å². The maximum atomic E-state index is 12.6. The van der Waals surface area contributed by atoms with Gasteiger partial charge >= 0.3 is 0 Å². The van der Waals surface area contributed by atoms with Gasteiger partial charge in [-0.05, 0) is 54.6 Å². The Morgan fingerprint density at radius 2 is 1.68 bits per heavy atom. The third-order valence-electron chi connectivity index (χ3n) is 3.87. The summed E-state index contributed by atoms with van der Waals surface area (Å²) in [5.74, 6) is 0.149. The Hall–Kier alpha value is -3.03. The Labute approximate surface area is 168 Å². The average Bonchev–Trinajstić information content (AvgIpc) is 2.70. The van der Waals surface area contributed by atoms with Gasteiger partial charge in [-0.2, -0.15) is 0 Å². The van der Waals surface area contributed by atoms with Crippen LogP contribution in [0, 0.1) is 0 Å². The second kappa shape index (κ2) is 8.33. The number of methoxy groups -OCH3 is 1. The van der Waals surface area contributed by atoms with Crippen LogP contribution in [0.25, 0.3) is 0 Å². The number of hydrogen-bond donors (Lipinski definition) is 2. The molecule has 0 aromatic heterocycles. The van der Waals surface area contributed by atoms with Crippen molar-refractivity contribution >= 4 is 38.9 Å². The topological polar surface area (TPSA) is 84.5 Å². The summed E-state index contributed by atoms with van der Waals surface area (Å²) in [7, 11) is -2.34. The second-order valence-corrected chi connectivity index (χ2v) is 7.89. The van der Waals surface area contributed by atoms with Crippen LogP contribution >= 0.6 is 11.6 Å². The molecule has 0 radical (unpaired) electrons. The summed E-state index contributed by atoms with van der Waals surface area (Å²) in [6.45, 7) is 0. The number of sulfonamides is 1. The van der Waals surface area contributed by atoms with Crippen molar-refractivity contribution in [1.29, 1.82) is 0 Å². The monoisotopic (exact) mass is 416 g/mol. The average molecular weight is 417 g/mol. The molecule has 3 aromatic rings. The van der Waals surface area contributed by atoms with Gasteiger partial charge in [0.25, 0.3) is 15.9 Å². The molecule has 2 N–H and O–H groups in total. The zero-order valence-electron chi connectivity index (χ0n) is 14.8. The first-order chi connectivity index (χ1) is 13.4. The summed E-state index contributed by atoms with van der Waals surface area (Å²) in [6.07, 6.45) is 0. The molecular formula is C20H17ClN2O4S. The summed E-state index contributed by atoms with van der Waals surface area (Å²) in [4.78, 5) is 12.4.